The molecule has 1 heterocycles. The van der Waals surface area contributed by atoms with E-state index in [9.17, 15) is 4.79 Å². The molecule has 94 valence electrons. The molecule has 2 fully saturated rings. The highest BCUT2D eigenvalue weighted by atomic mass is 35.5. The molecule has 16 heavy (non-hydrogen) atoms. The topological polar surface area (TPSA) is 46.3 Å². The van der Waals surface area contributed by atoms with Crippen molar-refractivity contribution < 1.29 is 4.79 Å². The van der Waals surface area contributed by atoms with E-state index in [2.05, 4.69) is 13.8 Å². The van der Waals surface area contributed by atoms with Crippen LogP contribution in [0.2, 0.25) is 0 Å². The predicted molar refractivity (Wildman–Crippen MR) is 67.5 cm³/mol. The maximum Gasteiger partial charge on any atom is 0.242 e. The number of carbonyl (C=O) groups is 1. The molecule has 3 nitrogen and oxygen atoms in total. The third kappa shape index (κ3) is 2.51. The predicted octanol–water partition coefficient (Wildman–Crippen LogP) is 1.79. The number of piperidine rings is 1. The van der Waals surface area contributed by atoms with Crippen LogP contribution in [0.4, 0.5) is 0 Å². The van der Waals surface area contributed by atoms with Gasteiger partial charge in [-0.3, -0.25) is 4.79 Å². The summed E-state index contributed by atoms with van der Waals surface area (Å²) in [6.07, 6.45) is 4.11. The molecule has 1 saturated carbocycles. The van der Waals surface area contributed by atoms with Gasteiger partial charge in [-0.05, 0) is 37.5 Å². The summed E-state index contributed by atoms with van der Waals surface area (Å²) in [5.41, 5.74) is 5.57. The summed E-state index contributed by atoms with van der Waals surface area (Å²) in [6, 6.07) is 0. The number of hydrogen-bond acceptors (Lipinski definition) is 2. The van der Waals surface area contributed by atoms with E-state index in [0.29, 0.717) is 11.8 Å². The normalized spacial score (nSPS) is 32.6. The Balaban J connectivity index is 0.00000128. The first-order valence-electron chi connectivity index (χ1n) is 6.09. The van der Waals surface area contributed by atoms with Crippen molar-refractivity contribution in [2.75, 3.05) is 13.1 Å². The number of nitrogens with zero attached hydrogens (tertiary/aromatic N) is 1. The molecular weight excluding hydrogens is 224 g/mol. The van der Waals surface area contributed by atoms with Crippen LogP contribution in [0.3, 0.4) is 0 Å². The zero-order valence-corrected chi connectivity index (χ0v) is 11.1. The lowest BCUT2D eigenvalue weighted by Crippen LogP contribution is -2.61. The fourth-order valence-electron chi connectivity index (χ4n) is 2.92. The Morgan fingerprint density at radius 3 is 2.12 bits per heavy atom. The Morgan fingerprint density at radius 1 is 1.25 bits per heavy atom. The minimum absolute atomic E-state index is 0. The Labute approximate surface area is 104 Å². The second kappa shape index (κ2) is 4.92. The minimum atomic E-state index is -0.503. The lowest BCUT2D eigenvalue weighted by Gasteiger charge is -2.44. The van der Waals surface area contributed by atoms with Gasteiger partial charge in [-0.15, -0.1) is 12.4 Å². The number of amides is 1. The van der Waals surface area contributed by atoms with Crippen molar-refractivity contribution in [2.45, 2.75) is 45.1 Å². The summed E-state index contributed by atoms with van der Waals surface area (Å²) in [6.45, 7) is 6.25. The highest BCUT2D eigenvalue weighted by molar-refractivity contribution is 5.87. The van der Waals surface area contributed by atoms with Crippen LogP contribution in [0.1, 0.15) is 39.5 Å². The van der Waals surface area contributed by atoms with Crippen molar-refractivity contribution >= 4 is 18.3 Å². The molecule has 2 unspecified atom stereocenters. The molecule has 0 aromatic heterocycles. The van der Waals surface area contributed by atoms with E-state index in [1.807, 2.05) is 4.90 Å². The number of halogens is 1. The number of rotatable bonds is 1. The summed E-state index contributed by atoms with van der Waals surface area (Å²) >= 11 is 0. The van der Waals surface area contributed by atoms with Crippen LogP contribution in [-0.4, -0.2) is 29.4 Å². The lowest BCUT2D eigenvalue weighted by molar-refractivity contribution is -0.142. The van der Waals surface area contributed by atoms with Crippen LogP contribution in [0.15, 0.2) is 0 Å². The van der Waals surface area contributed by atoms with E-state index >= 15 is 0 Å². The zero-order valence-electron chi connectivity index (χ0n) is 10.2. The number of hydrogen-bond donors (Lipinski definition) is 1. The van der Waals surface area contributed by atoms with Crippen molar-refractivity contribution in [1.29, 1.82) is 0 Å². The van der Waals surface area contributed by atoms with E-state index in [1.165, 1.54) is 6.42 Å². The zero-order chi connectivity index (χ0) is 11.1. The van der Waals surface area contributed by atoms with Crippen LogP contribution < -0.4 is 5.73 Å². The average Bonchev–Trinajstić information content (AvgIpc) is 2.11. The molecule has 0 aromatic rings. The molecule has 0 aromatic carbocycles. The van der Waals surface area contributed by atoms with E-state index in [0.717, 1.165) is 32.4 Å². The van der Waals surface area contributed by atoms with E-state index in [4.69, 9.17) is 5.73 Å². The van der Waals surface area contributed by atoms with Gasteiger partial charge in [0.25, 0.3) is 0 Å². The van der Waals surface area contributed by atoms with Gasteiger partial charge in [0.15, 0.2) is 0 Å². The van der Waals surface area contributed by atoms with Gasteiger partial charge in [-0.2, -0.15) is 0 Å². The largest absolute Gasteiger partial charge is 0.341 e. The second-order valence-electron chi connectivity index (χ2n) is 5.67. The van der Waals surface area contributed by atoms with Gasteiger partial charge in [0.1, 0.15) is 0 Å². The minimum Gasteiger partial charge on any atom is -0.341 e. The summed E-state index contributed by atoms with van der Waals surface area (Å²) in [7, 11) is 0. The fourth-order valence-corrected chi connectivity index (χ4v) is 2.92. The van der Waals surface area contributed by atoms with Gasteiger partial charge in [0.05, 0.1) is 5.54 Å². The van der Waals surface area contributed by atoms with Gasteiger partial charge >= 0.3 is 0 Å². The van der Waals surface area contributed by atoms with Crippen molar-refractivity contribution in [3.8, 4) is 0 Å². The molecular formula is C12H23ClN2O. The average molecular weight is 247 g/mol. The molecule has 1 saturated heterocycles. The van der Waals surface area contributed by atoms with E-state index in [-0.39, 0.29) is 18.3 Å². The quantitative estimate of drug-likeness (QED) is 0.767. The first-order chi connectivity index (χ1) is 7.01. The summed E-state index contributed by atoms with van der Waals surface area (Å²) in [5.74, 6) is 1.45. The molecule has 4 heteroatoms. The number of nitrogens with two attached hydrogens (primary N) is 1. The molecule has 0 bridgehead atoms. The molecule has 2 aliphatic rings. The van der Waals surface area contributed by atoms with Gasteiger partial charge in [-0.1, -0.05) is 13.8 Å². The second-order valence-corrected chi connectivity index (χ2v) is 5.67. The van der Waals surface area contributed by atoms with Crippen LogP contribution in [-0.2, 0) is 4.79 Å². The molecule has 2 rings (SSSR count). The summed E-state index contributed by atoms with van der Waals surface area (Å²) in [4.78, 5) is 14.2. The van der Waals surface area contributed by atoms with E-state index in [1.54, 1.807) is 0 Å². The maximum absolute atomic E-state index is 12.2. The number of carbonyl (C=O) groups excluding carboxylic acids is 1. The van der Waals surface area contributed by atoms with Crippen LogP contribution in [0, 0.1) is 11.8 Å². The van der Waals surface area contributed by atoms with E-state index < -0.39 is 5.54 Å². The van der Waals surface area contributed by atoms with Crippen LogP contribution in [0.5, 0.6) is 0 Å². The molecule has 2 N–H and O–H groups in total. The third-order valence-electron chi connectivity index (χ3n) is 3.83. The molecule has 1 aliphatic carbocycles. The smallest absolute Gasteiger partial charge is 0.242 e. The van der Waals surface area contributed by atoms with Crippen LogP contribution in [0.25, 0.3) is 0 Å². The van der Waals surface area contributed by atoms with Crippen molar-refractivity contribution in [3.05, 3.63) is 0 Å². The Bertz CT molecular complexity index is 256. The first kappa shape index (κ1) is 13.8. The maximum atomic E-state index is 12.2. The summed E-state index contributed by atoms with van der Waals surface area (Å²) in [5, 5.41) is 0. The fraction of sp³-hybridized carbons (Fsp3) is 0.917. The molecule has 1 amide bonds. The highest BCUT2D eigenvalue weighted by Gasteiger charge is 2.43. The monoisotopic (exact) mass is 246 g/mol. The molecule has 1 aliphatic heterocycles. The van der Waals surface area contributed by atoms with Crippen molar-refractivity contribution in [2.24, 2.45) is 17.6 Å². The SMILES string of the molecule is CC1CC(C)CN(C(=O)C2(N)CCC2)C1.Cl. The van der Waals surface area contributed by atoms with Crippen molar-refractivity contribution in [3.63, 3.8) is 0 Å². The Kier molecular flexibility index (Phi) is 4.24. The van der Waals surface area contributed by atoms with Crippen LogP contribution >= 0.6 is 12.4 Å². The molecule has 2 atom stereocenters. The summed E-state index contributed by atoms with van der Waals surface area (Å²) < 4.78 is 0. The Morgan fingerprint density at radius 2 is 1.75 bits per heavy atom. The molecule has 0 radical (unpaired) electrons. The Hall–Kier alpha value is -0.280. The number of likely N-dealkylation sites (tertiary alicyclic amines) is 1. The lowest BCUT2D eigenvalue weighted by atomic mass is 9.76. The molecule has 0 spiro atoms. The van der Waals surface area contributed by atoms with Gasteiger partial charge in [0, 0.05) is 13.1 Å². The van der Waals surface area contributed by atoms with Gasteiger partial charge in [-0.25, -0.2) is 0 Å². The van der Waals surface area contributed by atoms with Crippen molar-refractivity contribution in [1.82, 2.24) is 4.90 Å². The highest BCUT2D eigenvalue weighted by Crippen LogP contribution is 2.33. The first-order valence-corrected chi connectivity index (χ1v) is 6.09. The van der Waals surface area contributed by atoms with Gasteiger partial charge in [0.2, 0.25) is 5.91 Å². The third-order valence-corrected chi connectivity index (χ3v) is 3.83. The standard InChI is InChI=1S/C12H22N2O.ClH/c1-9-6-10(2)8-14(7-9)11(15)12(13)4-3-5-12;/h9-10H,3-8,13H2,1-2H3;1H. The van der Waals surface area contributed by atoms with Gasteiger partial charge < -0.3 is 10.6 Å².